The Morgan fingerprint density at radius 1 is 1.23 bits per heavy atom. The van der Waals surface area contributed by atoms with Gasteiger partial charge in [0, 0.05) is 5.39 Å². The molecule has 4 heteroatoms. The van der Waals surface area contributed by atoms with Gasteiger partial charge in [-0.2, -0.15) is 0 Å². The van der Waals surface area contributed by atoms with Crippen LogP contribution in [0.5, 0.6) is 0 Å². The van der Waals surface area contributed by atoms with Crippen LogP contribution in [0.3, 0.4) is 0 Å². The van der Waals surface area contributed by atoms with Crippen LogP contribution in [0.25, 0.3) is 10.9 Å². The van der Waals surface area contributed by atoms with Crippen LogP contribution in [0.4, 0.5) is 0 Å². The second kappa shape index (κ2) is 6.05. The third-order valence-electron chi connectivity index (χ3n) is 4.45. The van der Waals surface area contributed by atoms with Crippen molar-refractivity contribution in [3.05, 3.63) is 41.1 Å². The van der Waals surface area contributed by atoms with Crippen molar-refractivity contribution in [3.8, 4) is 0 Å². The van der Waals surface area contributed by atoms with Gasteiger partial charge in [0.05, 0.1) is 28.9 Å². The number of aromatic nitrogens is 1. The lowest BCUT2D eigenvalue weighted by molar-refractivity contribution is 0.0716. The van der Waals surface area contributed by atoms with E-state index in [2.05, 4.69) is 10.3 Å². The second-order valence-corrected chi connectivity index (χ2v) is 6.25. The van der Waals surface area contributed by atoms with E-state index >= 15 is 0 Å². The lowest BCUT2D eigenvalue weighted by atomic mass is 9.92. The zero-order valence-corrected chi connectivity index (χ0v) is 13.1. The maximum atomic E-state index is 12.5. The molecule has 1 heterocycles. The van der Waals surface area contributed by atoms with Crippen LogP contribution in [0.15, 0.2) is 24.3 Å². The Hall–Kier alpha value is -1.94. The van der Waals surface area contributed by atoms with Gasteiger partial charge < -0.3 is 10.4 Å². The van der Waals surface area contributed by atoms with Gasteiger partial charge in [-0.25, -0.2) is 0 Å². The molecule has 1 fully saturated rings. The van der Waals surface area contributed by atoms with Gasteiger partial charge in [-0.15, -0.1) is 0 Å². The van der Waals surface area contributed by atoms with E-state index in [4.69, 9.17) is 0 Å². The van der Waals surface area contributed by atoms with E-state index in [9.17, 15) is 9.90 Å². The molecule has 3 rings (SSSR count). The minimum absolute atomic E-state index is 0.139. The highest BCUT2D eigenvalue weighted by molar-refractivity contribution is 5.98. The summed E-state index contributed by atoms with van der Waals surface area (Å²) < 4.78 is 0. The van der Waals surface area contributed by atoms with E-state index < -0.39 is 6.10 Å². The number of carbonyl (C=O) groups excluding carboxylic acids is 1. The number of amides is 1. The Bertz CT molecular complexity index is 712. The van der Waals surface area contributed by atoms with Crippen LogP contribution >= 0.6 is 0 Å². The third kappa shape index (κ3) is 2.97. The number of benzene rings is 1. The molecular formula is C18H22N2O2. The zero-order valence-electron chi connectivity index (χ0n) is 13.1. The highest BCUT2D eigenvalue weighted by Crippen LogP contribution is 2.21. The monoisotopic (exact) mass is 298 g/mol. The SMILES string of the molecule is Cc1ccc2nc(C)c(C(=O)NC3CCCCC3O)cc2c1. The van der Waals surface area contributed by atoms with Crippen LogP contribution in [-0.2, 0) is 0 Å². The second-order valence-electron chi connectivity index (χ2n) is 6.25. The smallest absolute Gasteiger partial charge is 0.253 e. The molecule has 2 aromatic rings. The summed E-state index contributed by atoms with van der Waals surface area (Å²) >= 11 is 0. The van der Waals surface area contributed by atoms with E-state index in [-0.39, 0.29) is 11.9 Å². The van der Waals surface area contributed by atoms with Crippen molar-refractivity contribution in [1.29, 1.82) is 0 Å². The topological polar surface area (TPSA) is 62.2 Å². The van der Waals surface area contributed by atoms with Gasteiger partial charge >= 0.3 is 0 Å². The Balaban J connectivity index is 1.88. The molecule has 2 N–H and O–H groups in total. The summed E-state index contributed by atoms with van der Waals surface area (Å²) in [5.74, 6) is -0.139. The fourth-order valence-electron chi connectivity index (χ4n) is 3.15. The molecular weight excluding hydrogens is 276 g/mol. The maximum absolute atomic E-state index is 12.5. The van der Waals surface area contributed by atoms with Crippen molar-refractivity contribution < 1.29 is 9.90 Å². The van der Waals surface area contributed by atoms with E-state index in [1.165, 1.54) is 0 Å². The summed E-state index contributed by atoms with van der Waals surface area (Å²) in [6.07, 6.45) is 3.25. The number of aryl methyl sites for hydroxylation is 2. The zero-order chi connectivity index (χ0) is 15.7. The molecule has 1 aromatic carbocycles. The third-order valence-corrected chi connectivity index (χ3v) is 4.45. The van der Waals surface area contributed by atoms with Crippen molar-refractivity contribution in [3.63, 3.8) is 0 Å². The lowest BCUT2D eigenvalue weighted by Crippen LogP contribution is -2.45. The van der Waals surface area contributed by atoms with E-state index in [0.29, 0.717) is 5.56 Å². The Morgan fingerprint density at radius 2 is 2.00 bits per heavy atom. The van der Waals surface area contributed by atoms with Gasteiger partial charge in [0.1, 0.15) is 0 Å². The van der Waals surface area contributed by atoms with Gasteiger partial charge in [0.15, 0.2) is 0 Å². The molecule has 1 saturated carbocycles. The minimum atomic E-state index is -0.436. The van der Waals surface area contributed by atoms with Crippen LogP contribution in [0.2, 0.25) is 0 Å². The summed E-state index contributed by atoms with van der Waals surface area (Å²) in [6.45, 7) is 3.88. The fourth-order valence-corrected chi connectivity index (χ4v) is 3.15. The number of nitrogens with zero attached hydrogens (tertiary/aromatic N) is 1. The van der Waals surface area contributed by atoms with Crippen LogP contribution < -0.4 is 5.32 Å². The molecule has 0 bridgehead atoms. The number of hydrogen-bond donors (Lipinski definition) is 2. The molecule has 116 valence electrons. The van der Waals surface area contributed by atoms with Crippen molar-refractivity contribution in [2.75, 3.05) is 0 Å². The molecule has 2 atom stereocenters. The lowest BCUT2D eigenvalue weighted by Gasteiger charge is -2.28. The first-order valence-corrected chi connectivity index (χ1v) is 7.91. The molecule has 1 aromatic heterocycles. The quantitative estimate of drug-likeness (QED) is 0.896. The average molecular weight is 298 g/mol. The summed E-state index contributed by atoms with van der Waals surface area (Å²) in [5, 5.41) is 14.0. The highest BCUT2D eigenvalue weighted by Gasteiger charge is 2.25. The molecule has 1 aliphatic carbocycles. The minimum Gasteiger partial charge on any atom is -0.391 e. The summed E-state index contributed by atoms with van der Waals surface area (Å²) in [7, 11) is 0. The molecule has 0 spiro atoms. The van der Waals surface area contributed by atoms with E-state index in [1.54, 1.807) is 0 Å². The average Bonchev–Trinajstić information content (AvgIpc) is 2.49. The normalized spacial score (nSPS) is 21.8. The summed E-state index contributed by atoms with van der Waals surface area (Å²) in [5.41, 5.74) is 3.36. The molecule has 4 nitrogen and oxygen atoms in total. The first-order valence-electron chi connectivity index (χ1n) is 7.91. The first kappa shape index (κ1) is 15.0. The van der Waals surface area contributed by atoms with Crippen LogP contribution in [0, 0.1) is 13.8 Å². The van der Waals surface area contributed by atoms with Gasteiger partial charge in [0.25, 0.3) is 5.91 Å². The predicted octanol–water partition coefficient (Wildman–Crippen LogP) is 2.88. The molecule has 1 amide bonds. The number of nitrogens with one attached hydrogen (secondary N) is 1. The molecule has 22 heavy (non-hydrogen) atoms. The number of aliphatic hydroxyl groups excluding tert-OH is 1. The maximum Gasteiger partial charge on any atom is 0.253 e. The van der Waals surface area contributed by atoms with Crippen molar-refractivity contribution in [1.82, 2.24) is 10.3 Å². The van der Waals surface area contributed by atoms with Gasteiger partial charge in [-0.3, -0.25) is 9.78 Å². The Labute approximate surface area is 130 Å². The predicted molar refractivity (Wildman–Crippen MR) is 86.9 cm³/mol. The van der Waals surface area contributed by atoms with E-state index in [1.807, 2.05) is 38.1 Å². The van der Waals surface area contributed by atoms with Gasteiger partial charge in [0.2, 0.25) is 0 Å². The number of carbonyl (C=O) groups is 1. The molecule has 0 saturated heterocycles. The van der Waals surface area contributed by atoms with Crippen molar-refractivity contribution in [2.24, 2.45) is 0 Å². The summed E-state index contributed by atoms with van der Waals surface area (Å²) in [6, 6.07) is 7.79. The number of aliphatic hydroxyl groups is 1. The number of hydrogen-bond acceptors (Lipinski definition) is 3. The van der Waals surface area contributed by atoms with Crippen LogP contribution in [0.1, 0.15) is 47.3 Å². The highest BCUT2D eigenvalue weighted by atomic mass is 16.3. The van der Waals surface area contributed by atoms with Gasteiger partial charge in [-0.05, 0) is 44.9 Å². The molecule has 0 radical (unpaired) electrons. The fraction of sp³-hybridized carbons (Fsp3) is 0.444. The molecule has 2 unspecified atom stereocenters. The molecule has 0 aliphatic heterocycles. The number of pyridine rings is 1. The first-order chi connectivity index (χ1) is 10.5. The largest absolute Gasteiger partial charge is 0.391 e. The van der Waals surface area contributed by atoms with Gasteiger partial charge in [-0.1, -0.05) is 24.5 Å². The van der Waals surface area contributed by atoms with Crippen molar-refractivity contribution >= 4 is 16.8 Å². The standard InChI is InChI=1S/C18H22N2O2/c1-11-7-8-15-13(9-11)10-14(12(2)19-15)18(22)20-16-5-3-4-6-17(16)21/h7-10,16-17,21H,3-6H2,1-2H3,(H,20,22). The molecule has 1 aliphatic rings. The van der Waals surface area contributed by atoms with E-state index in [0.717, 1.165) is 47.8 Å². The van der Waals surface area contributed by atoms with Crippen molar-refractivity contribution in [2.45, 2.75) is 51.7 Å². The van der Waals surface area contributed by atoms with Crippen LogP contribution in [-0.4, -0.2) is 28.1 Å². The number of fused-ring (bicyclic) bond motifs is 1. The summed E-state index contributed by atoms with van der Waals surface area (Å²) in [4.78, 5) is 17.1. The Morgan fingerprint density at radius 3 is 2.77 bits per heavy atom. The number of rotatable bonds is 2. The Kier molecular flexibility index (Phi) is 4.12.